The van der Waals surface area contributed by atoms with Crippen molar-refractivity contribution < 1.29 is 9.47 Å². The van der Waals surface area contributed by atoms with Crippen LogP contribution in [-0.2, 0) is 4.74 Å². The Hall–Kier alpha value is -1.26. The van der Waals surface area contributed by atoms with Crippen LogP contribution in [0.4, 0.5) is 5.69 Å². The zero-order chi connectivity index (χ0) is 15.8. The van der Waals surface area contributed by atoms with Gasteiger partial charge in [-0.2, -0.15) is 0 Å². The van der Waals surface area contributed by atoms with E-state index < -0.39 is 0 Å². The number of methoxy groups -OCH3 is 2. The van der Waals surface area contributed by atoms with Crippen LogP contribution in [0.2, 0.25) is 0 Å². The highest BCUT2D eigenvalue weighted by atomic mass is 16.5. The Morgan fingerprint density at radius 1 is 1.19 bits per heavy atom. The molecule has 0 heterocycles. The second kappa shape index (κ2) is 8.90. The summed E-state index contributed by atoms with van der Waals surface area (Å²) >= 11 is 0. The van der Waals surface area contributed by atoms with E-state index in [1.165, 1.54) is 0 Å². The average Bonchev–Trinajstić information content (AvgIpc) is 2.50. The minimum atomic E-state index is -0.0736. The molecule has 0 spiro atoms. The molecule has 1 aromatic carbocycles. The van der Waals surface area contributed by atoms with Gasteiger partial charge in [-0.1, -0.05) is 19.9 Å². The smallest absolute Gasteiger partial charge is 0.125 e. The van der Waals surface area contributed by atoms with Gasteiger partial charge in [0.2, 0.25) is 0 Å². The van der Waals surface area contributed by atoms with Gasteiger partial charge in [-0.05, 0) is 31.9 Å². The fourth-order valence-corrected chi connectivity index (χ4v) is 2.84. The molecular formula is C17H30N2O2. The second-order valence-corrected chi connectivity index (χ2v) is 5.34. The molecule has 0 aliphatic carbocycles. The zero-order valence-corrected chi connectivity index (χ0v) is 14.1. The number of hydrogen-bond donors (Lipinski definition) is 1. The van der Waals surface area contributed by atoms with Crippen LogP contribution in [0.1, 0.15) is 45.2 Å². The van der Waals surface area contributed by atoms with E-state index in [1.54, 1.807) is 14.2 Å². The molecule has 4 heteroatoms. The van der Waals surface area contributed by atoms with Crippen molar-refractivity contribution in [3.63, 3.8) is 0 Å². The number of benzene rings is 1. The summed E-state index contributed by atoms with van der Waals surface area (Å²) in [5, 5.41) is 0. The highest BCUT2D eigenvalue weighted by molar-refractivity contribution is 5.61. The zero-order valence-electron chi connectivity index (χ0n) is 14.1. The maximum Gasteiger partial charge on any atom is 0.125 e. The van der Waals surface area contributed by atoms with Crippen molar-refractivity contribution in [1.82, 2.24) is 0 Å². The molecule has 4 nitrogen and oxygen atoms in total. The van der Waals surface area contributed by atoms with E-state index in [0.717, 1.165) is 36.4 Å². The molecule has 1 rings (SSSR count). The van der Waals surface area contributed by atoms with Gasteiger partial charge >= 0.3 is 0 Å². The molecule has 0 aliphatic heterocycles. The van der Waals surface area contributed by atoms with Crippen molar-refractivity contribution in [2.24, 2.45) is 5.73 Å². The third-order valence-electron chi connectivity index (χ3n) is 3.95. The van der Waals surface area contributed by atoms with Gasteiger partial charge < -0.3 is 20.1 Å². The maximum atomic E-state index is 6.20. The van der Waals surface area contributed by atoms with Gasteiger partial charge in [0.05, 0.1) is 13.7 Å². The molecular weight excluding hydrogens is 264 g/mol. The van der Waals surface area contributed by atoms with Crippen LogP contribution in [0, 0.1) is 0 Å². The standard InChI is InChI=1S/C17H30N2O2/c1-6-14(7-2)19(11-12-20-4)15-9-8-10-16(21-5)17(15)13(3)18/h8-10,13-14H,6-7,11-12,18H2,1-5H3/t13-/m0/s1. The quantitative estimate of drug-likeness (QED) is 0.758. The predicted octanol–water partition coefficient (Wildman–Crippen LogP) is 3.36. The van der Waals surface area contributed by atoms with Gasteiger partial charge in [-0.15, -0.1) is 0 Å². The second-order valence-electron chi connectivity index (χ2n) is 5.34. The Kier molecular flexibility index (Phi) is 7.54. The van der Waals surface area contributed by atoms with Crippen molar-refractivity contribution in [3.05, 3.63) is 23.8 Å². The van der Waals surface area contributed by atoms with E-state index in [1.807, 2.05) is 19.1 Å². The summed E-state index contributed by atoms with van der Waals surface area (Å²) in [4.78, 5) is 2.41. The molecule has 0 fully saturated rings. The Labute approximate surface area is 129 Å². The van der Waals surface area contributed by atoms with E-state index in [0.29, 0.717) is 12.6 Å². The first-order valence-electron chi connectivity index (χ1n) is 7.78. The fourth-order valence-electron chi connectivity index (χ4n) is 2.84. The SMILES string of the molecule is CCC(CC)N(CCOC)c1cccc(OC)c1[C@H](C)N. The van der Waals surface area contributed by atoms with E-state index in [2.05, 4.69) is 24.8 Å². The van der Waals surface area contributed by atoms with Crippen LogP contribution >= 0.6 is 0 Å². The Morgan fingerprint density at radius 3 is 2.33 bits per heavy atom. The molecule has 21 heavy (non-hydrogen) atoms. The first-order chi connectivity index (χ1) is 10.1. The third kappa shape index (κ3) is 4.35. The summed E-state index contributed by atoms with van der Waals surface area (Å²) in [5.41, 5.74) is 8.44. The fraction of sp³-hybridized carbons (Fsp3) is 0.647. The summed E-state index contributed by atoms with van der Waals surface area (Å²) in [6.45, 7) is 8.00. The molecule has 0 aromatic heterocycles. The van der Waals surface area contributed by atoms with Crippen LogP contribution in [-0.4, -0.2) is 33.4 Å². The summed E-state index contributed by atoms with van der Waals surface area (Å²) in [6, 6.07) is 6.54. The highest BCUT2D eigenvalue weighted by Crippen LogP contribution is 2.35. The van der Waals surface area contributed by atoms with Crippen molar-refractivity contribution in [1.29, 1.82) is 0 Å². The molecule has 0 amide bonds. The van der Waals surface area contributed by atoms with Gasteiger partial charge in [0.15, 0.2) is 0 Å². The lowest BCUT2D eigenvalue weighted by molar-refractivity contribution is 0.202. The first kappa shape index (κ1) is 17.8. The van der Waals surface area contributed by atoms with Crippen LogP contribution in [0.15, 0.2) is 18.2 Å². The van der Waals surface area contributed by atoms with Crippen molar-refractivity contribution >= 4 is 5.69 Å². The minimum Gasteiger partial charge on any atom is -0.496 e. The van der Waals surface area contributed by atoms with Crippen molar-refractivity contribution in [2.45, 2.75) is 45.7 Å². The minimum absolute atomic E-state index is 0.0736. The number of anilines is 1. The van der Waals surface area contributed by atoms with E-state index in [9.17, 15) is 0 Å². The van der Waals surface area contributed by atoms with Gasteiger partial charge in [-0.25, -0.2) is 0 Å². The summed E-state index contributed by atoms with van der Waals surface area (Å²) in [7, 11) is 3.44. The lowest BCUT2D eigenvalue weighted by Gasteiger charge is -2.35. The lowest BCUT2D eigenvalue weighted by Crippen LogP contribution is -2.38. The summed E-state index contributed by atoms with van der Waals surface area (Å²) < 4.78 is 10.8. The first-order valence-corrected chi connectivity index (χ1v) is 7.78. The maximum absolute atomic E-state index is 6.20. The van der Waals surface area contributed by atoms with Gasteiger partial charge in [-0.3, -0.25) is 0 Å². The van der Waals surface area contributed by atoms with Crippen LogP contribution in [0.5, 0.6) is 5.75 Å². The Morgan fingerprint density at radius 2 is 1.86 bits per heavy atom. The number of ether oxygens (including phenoxy) is 2. The third-order valence-corrected chi connectivity index (χ3v) is 3.95. The molecule has 0 saturated heterocycles. The molecule has 2 N–H and O–H groups in total. The number of nitrogens with zero attached hydrogens (tertiary/aromatic N) is 1. The summed E-state index contributed by atoms with van der Waals surface area (Å²) in [5.74, 6) is 0.857. The van der Waals surface area contributed by atoms with E-state index in [-0.39, 0.29) is 6.04 Å². The van der Waals surface area contributed by atoms with E-state index in [4.69, 9.17) is 15.2 Å². The topological polar surface area (TPSA) is 47.7 Å². The number of nitrogens with two attached hydrogens (primary N) is 1. The molecule has 0 bridgehead atoms. The van der Waals surface area contributed by atoms with Gasteiger partial charge in [0.1, 0.15) is 5.75 Å². The van der Waals surface area contributed by atoms with E-state index >= 15 is 0 Å². The molecule has 0 saturated carbocycles. The summed E-state index contributed by atoms with van der Waals surface area (Å²) in [6.07, 6.45) is 2.19. The molecule has 120 valence electrons. The molecule has 0 aliphatic rings. The van der Waals surface area contributed by atoms with Gasteiger partial charge in [0.25, 0.3) is 0 Å². The molecule has 1 aromatic rings. The molecule has 0 radical (unpaired) electrons. The number of rotatable bonds is 9. The monoisotopic (exact) mass is 294 g/mol. The lowest BCUT2D eigenvalue weighted by atomic mass is 10.0. The average molecular weight is 294 g/mol. The van der Waals surface area contributed by atoms with Crippen LogP contribution in [0.3, 0.4) is 0 Å². The Balaban J connectivity index is 3.28. The Bertz CT molecular complexity index is 417. The molecule has 1 atom stereocenters. The van der Waals surface area contributed by atoms with Crippen LogP contribution < -0.4 is 15.4 Å². The van der Waals surface area contributed by atoms with Crippen molar-refractivity contribution in [2.75, 3.05) is 32.3 Å². The van der Waals surface area contributed by atoms with Gasteiger partial charge in [0, 0.05) is 37.0 Å². The van der Waals surface area contributed by atoms with Crippen molar-refractivity contribution in [3.8, 4) is 5.75 Å². The largest absolute Gasteiger partial charge is 0.496 e. The molecule has 0 unspecified atom stereocenters. The predicted molar refractivity (Wildman–Crippen MR) is 89.2 cm³/mol. The number of hydrogen-bond acceptors (Lipinski definition) is 4. The van der Waals surface area contributed by atoms with Crippen LogP contribution in [0.25, 0.3) is 0 Å². The normalized spacial score (nSPS) is 12.5. The highest BCUT2D eigenvalue weighted by Gasteiger charge is 2.22.